The van der Waals surface area contributed by atoms with Crippen molar-refractivity contribution >= 4 is 21.4 Å². The summed E-state index contributed by atoms with van der Waals surface area (Å²) in [5.41, 5.74) is -0.0313. The van der Waals surface area contributed by atoms with Gasteiger partial charge in [-0.15, -0.1) is 0 Å². The van der Waals surface area contributed by atoms with Gasteiger partial charge in [0.25, 0.3) is 5.69 Å². The molecule has 0 aromatic heterocycles. The van der Waals surface area contributed by atoms with E-state index in [9.17, 15) is 18.5 Å². The number of anilines is 1. The van der Waals surface area contributed by atoms with Crippen LogP contribution in [0.25, 0.3) is 0 Å². The molecular formula is C12H17N3O5S. The van der Waals surface area contributed by atoms with Gasteiger partial charge in [-0.05, 0) is 30.9 Å². The molecule has 116 valence electrons. The average molecular weight is 315 g/mol. The first-order valence-electron chi connectivity index (χ1n) is 6.51. The Morgan fingerprint density at radius 2 is 2.24 bits per heavy atom. The molecule has 1 aliphatic rings. The predicted molar refractivity (Wildman–Crippen MR) is 76.5 cm³/mol. The Morgan fingerprint density at radius 1 is 1.48 bits per heavy atom. The number of ether oxygens (including phenoxy) is 1. The molecule has 21 heavy (non-hydrogen) atoms. The topological polar surface area (TPSA) is 125 Å². The molecule has 0 aliphatic carbocycles. The molecule has 1 atom stereocenters. The molecule has 1 aliphatic heterocycles. The first-order valence-corrected chi connectivity index (χ1v) is 8.05. The summed E-state index contributed by atoms with van der Waals surface area (Å²) in [6.07, 6.45) is 1.97. The van der Waals surface area contributed by atoms with E-state index in [4.69, 9.17) is 9.88 Å². The SMILES string of the molecule is NS(=O)(=O)c1ccc(NCC2CCCOC2)c([N+](=O)[O-])c1. The Hall–Kier alpha value is -1.71. The number of primary sulfonamides is 1. The van der Waals surface area contributed by atoms with Crippen LogP contribution in [0.1, 0.15) is 12.8 Å². The van der Waals surface area contributed by atoms with E-state index in [-0.39, 0.29) is 22.2 Å². The molecule has 2 rings (SSSR count). The number of nitro benzene ring substituents is 1. The van der Waals surface area contributed by atoms with Gasteiger partial charge in [0.2, 0.25) is 10.0 Å². The van der Waals surface area contributed by atoms with Crippen molar-refractivity contribution in [1.29, 1.82) is 0 Å². The number of hydrogen-bond acceptors (Lipinski definition) is 6. The van der Waals surface area contributed by atoms with Crippen LogP contribution in [0.4, 0.5) is 11.4 Å². The van der Waals surface area contributed by atoms with Crippen LogP contribution in [-0.2, 0) is 14.8 Å². The third-order valence-corrected chi connectivity index (χ3v) is 4.24. The van der Waals surface area contributed by atoms with Gasteiger partial charge in [0, 0.05) is 19.2 Å². The van der Waals surface area contributed by atoms with E-state index < -0.39 is 14.9 Å². The summed E-state index contributed by atoms with van der Waals surface area (Å²) in [6, 6.07) is 3.58. The van der Waals surface area contributed by atoms with Gasteiger partial charge in [-0.2, -0.15) is 0 Å². The van der Waals surface area contributed by atoms with Gasteiger partial charge in [-0.1, -0.05) is 0 Å². The number of nitro groups is 1. The molecule has 0 amide bonds. The third-order valence-electron chi connectivity index (χ3n) is 3.33. The number of benzene rings is 1. The second-order valence-corrected chi connectivity index (χ2v) is 6.51. The molecule has 1 saturated heterocycles. The quantitative estimate of drug-likeness (QED) is 0.619. The van der Waals surface area contributed by atoms with Crippen molar-refractivity contribution < 1.29 is 18.1 Å². The summed E-state index contributed by atoms with van der Waals surface area (Å²) in [5.74, 6) is 0.288. The van der Waals surface area contributed by atoms with Crippen molar-refractivity contribution in [2.45, 2.75) is 17.7 Å². The van der Waals surface area contributed by atoms with E-state index >= 15 is 0 Å². The second kappa shape index (κ2) is 6.37. The Bertz CT molecular complexity index is 626. The lowest BCUT2D eigenvalue weighted by Gasteiger charge is -2.22. The maximum atomic E-state index is 11.2. The fourth-order valence-corrected chi connectivity index (χ4v) is 2.75. The highest BCUT2D eigenvalue weighted by Gasteiger charge is 2.20. The molecule has 1 fully saturated rings. The molecule has 3 N–H and O–H groups in total. The normalized spacial score (nSPS) is 19.2. The lowest BCUT2D eigenvalue weighted by atomic mass is 10.0. The van der Waals surface area contributed by atoms with Crippen LogP contribution in [0.3, 0.4) is 0 Å². The maximum absolute atomic E-state index is 11.2. The van der Waals surface area contributed by atoms with Crippen LogP contribution in [0, 0.1) is 16.0 Å². The summed E-state index contributed by atoms with van der Waals surface area (Å²) in [6.45, 7) is 1.91. The largest absolute Gasteiger partial charge is 0.381 e. The summed E-state index contributed by atoms with van der Waals surface area (Å²) in [4.78, 5) is 10.1. The van der Waals surface area contributed by atoms with E-state index in [1.165, 1.54) is 12.1 Å². The molecule has 8 nitrogen and oxygen atoms in total. The summed E-state index contributed by atoms with van der Waals surface area (Å²) in [7, 11) is -3.96. The molecular weight excluding hydrogens is 298 g/mol. The van der Waals surface area contributed by atoms with Crippen molar-refractivity contribution in [3.8, 4) is 0 Å². The molecule has 0 radical (unpaired) electrons. The highest BCUT2D eigenvalue weighted by molar-refractivity contribution is 7.89. The Balaban J connectivity index is 2.16. The summed E-state index contributed by atoms with van der Waals surface area (Å²) in [5, 5.41) is 19.0. The molecule has 1 aromatic carbocycles. The van der Waals surface area contributed by atoms with Crippen molar-refractivity contribution in [2.24, 2.45) is 11.1 Å². The van der Waals surface area contributed by atoms with Crippen LogP contribution >= 0.6 is 0 Å². The van der Waals surface area contributed by atoms with Gasteiger partial charge in [-0.3, -0.25) is 10.1 Å². The Morgan fingerprint density at radius 3 is 2.81 bits per heavy atom. The number of nitrogens with two attached hydrogens (primary N) is 1. The molecule has 0 saturated carbocycles. The number of nitrogens with one attached hydrogen (secondary N) is 1. The first-order chi connectivity index (χ1) is 9.88. The molecule has 1 aromatic rings. The summed E-state index contributed by atoms with van der Waals surface area (Å²) >= 11 is 0. The van der Waals surface area contributed by atoms with Gasteiger partial charge in [0.15, 0.2) is 0 Å². The fourth-order valence-electron chi connectivity index (χ4n) is 2.21. The predicted octanol–water partition coefficient (Wildman–Crippen LogP) is 1.08. The highest BCUT2D eigenvalue weighted by Crippen LogP contribution is 2.27. The number of rotatable bonds is 5. The number of nitrogens with zero attached hydrogens (tertiary/aromatic N) is 1. The van der Waals surface area contributed by atoms with E-state index in [1.54, 1.807) is 0 Å². The molecule has 1 heterocycles. The van der Waals surface area contributed by atoms with Crippen LogP contribution < -0.4 is 10.5 Å². The zero-order valence-corrected chi connectivity index (χ0v) is 12.1. The zero-order chi connectivity index (χ0) is 15.5. The van der Waals surface area contributed by atoms with Gasteiger partial charge in [-0.25, -0.2) is 13.6 Å². The molecule has 9 heteroatoms. The highest BCUT2D eigenvalue weighted by atomic mass is 32.2. The minimum absolute atomic E-state index is 0.276. The average Bonchev–Trinajstić information content (AvgIpc) is 2.45. The van der Waals surface area contributed by atoms with Crippen LogP contribution in [0.15, 0.2) is 23.1 Å². The Kier molecular flexibility index (Phi) is 4.76. The molecule has 1 unspecified atom stereocenters. The zero-order valence-electron chi connectivity index (χ0n) is 11.3. The monoisotopic (exact) mass is 315 g/mol. The van der Waals surface area contributed by atoms with Crippen molar-refractivity contribution in [3.63, 3.8) is 0 Å². The Labute approximate surface area is 122 Å². The maximum Gasteiger partial charge on any atom is 0.293 e. The number of sulfonamides is 1. The van der Waals surface area contributed by atoms with Gasteiger partial charge in [0.1, 0.15) is 5.69 Å². The fraction of sp³-hybridized carbons (Fsp3) is 0.500. The van der Waals surface area contributed by atoms with E-state index in [0.29, 0.717) is 13.2 Å². The second-order valence-electron chi connectivity index (χ2n) is 4.95. The van der Waals surface area contributed by atoms with Gasteiger partial charge >= 0.3 is 0 Å². The summed E-state index contributed by atoms with van der Waals surface area (Å²) < 4.78 is 27.8. The third kappa shape index (κ3) is 4.13. The van der Waals surface area contributed by atoms with E-state index in [0.717, 1.165) is 25.5 Å². The van der Waals surface area contributed by atoms with Crippen LogP contribution in [0.2, 0.25) is 0 Å². The first kappa shape index (κ1) is 15.7. The lowest BCUT2D eigenvalue weighted by molar-refractivity contribution is -0.384. The smallest absolute Gasteiger partial charge is 0.293 e. The van der Waals surface area contributed by atoms with E-state index in [1.807, 2.05) is 0 Å². The molecule has 0 bridgehead atoms. The van der Waals surface area contributed by atoms with Crippen molar-refractivity contribution in [2.75, 3.05) is 25.1 Å². The minimum atomic E-state index is -3.96. The standard InChI is InChI=1S/C12H17N3O5S/c13-21(18,19)10-3-4-11(12(6-10)15(16)17)14-7-9-2-1-5-20-8-9/h3-4,6,9,14H,1-2,5,7-8H2,(H2,13,18,19). The van der Waals surface area contributed by atoms with Crippen molar-refractivity contribution in [3.05, 3.63) is 28.3 Å². The van der Waals surface area contributed by atoms with Crippen LogP contribution in [-0.4, -0.2) is 33.1 Å². The van der Waals surface area contributed by atoms with Gasteiger partial charge < -0.3 is 10.1 Å². The van der Waals surface area contributed by atoms with Gasteiger partial charge in [0.05, 0.1) is 16.4 Å². The van der Waals surface area contributed by atoms with Crippen molar-refractivity contribution in [1.82, 2.24) is 0 Å². The minimum Gasteiger partial charge on any atom is -0.381 e. The molecule has 0 spiro atoms. The van der Waals surface area contributed by atoms with E-state index in [2.05, 4.69) is 5.32 Å². The lowest BCUT2D eigenvalue weighted by Crippen LogP contribution is -2.24. The number of hydrogen-bond donors (Lipinski definition) is 2. The van der Waals surface area contributed by atoms with Crippen LogP contribution in [0.5, 0.6) is 0 Å².